The first-order valence-corrected chi connectivity index (χ1v) is 10.4. The average molecular weight is 452 g/mol. The second-order valence-electron chi connectivity index (χ2n) is 7.42. The molecule has 0 radical (unpaired) electrons. The van der Waals surface area contributed by atoms with E-state index in [1.54, 1.807) is 19.2 Å². The number of fused-ring (bicyclic) bond motifs is 1. The molecule has 4 aromatic carbocycles. The van der Waals surface area contributed by atoms with Gasteiger partial charge in [-0.15, -0.1) is 12.4 Å². The lowest BCUT2D eigenvalue weighted by molar-refractivity contribution is 0.302. The Morgan fingerprint density at radius 3 is 2.38 bits per heavy atom. The van der Waals surface area contributed by atoms with Crippen LogP contribution in [0.15, 0.2) is 84.9 Å². The van der Waals surface area contributed by atoms with Crippen LogP contribution in [0.25, 0.3) is 10.8 Å². The molecule has 5 heteroatoms. The van der Waals surface area contributed by atoms with E-state index in [-0.39, 0.29) is 18.2 Å². The third kappa shape index (κ3) is 5.78. The number of halogens is 2. The summed E-state index contributed by atoms with van der Waals surface area (Å²) in [5, 5.41) is 5.90. The lowest BCUT2D eigenvalue weighted by Gasteiger charge is -2.16. The van der Waals surface area contributed by atoms with Crippen molar-refractivity contribution in [3.63, 3.8) is 0 Å². The molecule has 0 heterocycles. The molecule has 0 bridgehead atoms. The summed E-state index contributed by atoms with van der Waals surface area (Å²) in [7, 11) is 1.70. The molecule has 0 saturated carbocycles. The second kappa shape index (κ2) is 11.5. The largest absolute Gasteiger partial charge is 0.496 e. The highest BCUT2D eigenvalue weighted by Gasteiger charge is 2.10. The number of benzene rings is 4. The fourth-order valence-corrected chi connectivity index (χ4v) is 3.72. The summed E-state index contributed by atoms with van der Waals surface area (Å²) in [4.78, 5) is 0. The van der Waals surface area contributed by atoms with Gasteiger partial charge in [0, 0.05) is 12.1 Å². The van der Waals surface area contributed by atoms with Gasteiger partial charge in [0.1, 0.15) is 23.9 Å². The highest BCUT2D eigenvalue weighted by Crippen LogP contribution is 2.29. The van der Waals surface area contributed by atoms with Crippen molar-refractivity contribution < 1.29 is 13.9 Å². The van der Waals surface area contributed by atoms with E-state index in [2.05, 4.69) is 29.6 Å². The monoisotopic (exact) mass is 451 g/mol. The van der Waals surface area contributed by atoms with E-state index >= 15 is 0 Å². The lowest BCUT2D eigenvalue weighted by Crippen LogP contribution is -2.18. The van der Waals surface area contributed by atoms with Crippen molar-refractivity contribution in [1.82, 2.24) is 5.32 Å². The van der Waals surface area contributed by atoms with Crippen molar-refractivity contribution in [2.24, 2.45) is 0 Å². The third-order valence-corrected chi connectivity index (χ3v) is 5.37. The molecule has 3 nitrogen and oxygen atoms in total. The normalized spacial score (nSPS) is 10.6. The Morgan fingerprint density at radius 1 is 0.812 bits per heavy atom. The number of ether oxygens (including phenoxy) is 2. The van der Waals surface area contributed by atoms with Crippen LogP contribution >= 0.6 is 12.4 Å². The van der Waals surface area contributed by atoms with E-state index in [4.69, 9.17) is 9.47 Å². The molecule has 4 aromatic rings. The molecule has 0 aliphatic rings. The van der Waals surface area contributed by atoms with Crippen LogP contribution in [0.1, 0.15) is 16.7 Å². The standard InChI is InChI=1S/C27H26FNO2.ClH/c1-30-26-9-5-3-7-22(26)16-17-29-18-25-24-8-4-2-6-21(24)12-15-27(25)31-19-20-10-13-23(28)14-11-20;/h2-15,29H,16-19H2,1H3;1H. The van der Waals surface area contributed by atoms with Gasteiger partial charge in [0.05, 0.1) is 7.11 Å². The summed E-state index contributed by atoms with van der Waals surface area (Å²) in [6, 6.07) is 26.9. The molecule has 0 spiro atoms. The van der Waals surface area contributed by atoms with E-state index in [1.807, 2.05) is 36.4 Å². The highest BCUT2D eigenvalue weighted by molar-refractivity contribution is 5.87. The highest BCUT2D eigenvalue weighted by atomic mass is 35.5. The van der Waals surface area contributed by atoms with Crippen LogP contribution in [0, 0.1) is 5.82 Å². The average Bonchev–Trinajstić information content (AvgIpc) is 2.82. The number of methoxy groups -OCH3 is 1. The van der Waals surface area contributed by atoms with Crippen molar-refractivity contribution >= 4 is 23.2 Å². The fourth-order valence-electron chi connectivity index (χ4n) is 3.72. The number of hydrogen-bond acceptors (Lipinski definition) is 3. The van der Waals surface area contributed by atoms with Crippen LogP contribution in [0.2, 0.25) is 0 Å². The quantitative estimate of drug-likeness (QED) is 0.302. The molecule has 0 aliphatic heterocycles. The first kappa shape index (κ1) is 23.6. The Balaban J connectivity index is 0.00000289. The topological polar surface area (TPSA) is 30.5 Å². The van der Waals surface area contributed by atoms with Crippen LogP contribution in [0.3, 0.4) is 0 Å². The molecule has 0 atom stereocenters. The molecule has 0 fully saturated rings. The molecule has 0 saturated heterocycles. The molecule has 0 unspecified atom stereocenters. The zero-order valence-corrected chi connectivity index (χ0v) is 18.8. The molecule has 32 heavy (non-hydrogen) atoms. The Morgan fingerprint density at radius 2 is 1.56 bits per heavy atom. The van der Waals surface area contributed by atoms with Gasteiger partial charge in [0.25, 0.3) is 0 Å². The van der Waals surface area contributed by atoms with Crippen molar-refractivity contribution in [2.75, 3.05) is 13.7 Å². The number of nitrogens with one attached hydrogen (secondary N) is 1. The summed E-state index contributed by atoms with van der Waals surface area (Å²) in [5.74, 6) is 1.51. The molecule has 0 aromatic heterocycles. The smallest absolute Gasteiger partial charge is 0.124 e. The van der Waals surface area contributed by atoms with E-state index in [0.717, 1.165) is 35.6 Å². The van der Waals surface area contributed by atoms with Crippen molar-refractivity contribution in [3.8, 4) is 11.5 Å². The number of hydrogen-bond donors (Lipinski definition) is 1. The minimum Gasteiger partial charge on any atom is -0.496 e. The molecule has 166 valence electrons. The van der Waals surface area contributed by atoms with Gasteiger partial charge in [-0.1, -0.05) is 60.7 Å². The van der Waals surface area contributed by atoms with Gasteiger partial charge in [0.15, 0.2) is 0 Å². The lowest BCUT2D eigenvalue weighted by atomic mass is 10.0. The van der Waals surface area contributed by atoms with E-state index in [0.29, 0.717) is 13.2 Å². The fraction of sp³-hybridized carbons (Fsp3) is 0.185. The predicted octanol–water partition coefficient (Wildman–Crippen LogP) is 6.32. The summed E-state index contributed by atoms with van der Waals surface area (Å²) in [5.41, 5.74) is 3.24. The van der Waals surface area contributed by atoms with Crippen LogP contribution in [0.5, 0.6) is 11.5 Å². The zero-order valence-electron chi connectivity index (χ0n) is 18.0. The Labute approximate surface area is 194 Å². The van der Waals surface area contributed by atoms with Crippen molar-refractivity contribution in [1.29, 1.82) is 0 Å². The second-order valence-corrected chi connectivity index (χ2v) is 7.42. The van der Waals surface area contributed by atoms with Crippen LogP contribution in [0.4, 0.5) is 4.39 Å². The Kier molecular flexibility index (Phi) is 8.48. The summed E-state index contributed by atoms with van der Waals surface area (Å²) < 4.78 is 24.8. The molecule has 4 rings (SSSR count). The van der Waals surface area contributed by atoms with Gasteiger partial charge in [-0.25, -0.2) is 4.39 Å². The molecule has 0 aliphatic carbocycles. The van der Waals surface area contributed by atoms with Gasteiger partial charge in [0.2, 0.25) is 0 Å². The maximum Gasteiger partial charge on any atom is 0.124 e. The zero-order chi connectivity index (χ0) is 21.5. The van der Waals surface area contributed by atoms with Gasteiger partial charge in [-0.3, -0.25) is 0 Å². The van der Waals surface area contributed by atoms with E-state index in [9.17, 15) is 4.39 Å². The maximum absolute atomic E-state index is 13.2. The summed E-state index contributed by atoms with van der Waals surface area (Å²) >= 11 is 0. The maximum atomic E-state index is 13.2. The first-order valence-electron chi connectivity index (χ1n) is 10.4. The molecular weight excluding hydrogens is 425 g/mol. The van der Waals surface area contributed by atoms with Gasteiger partial charge < -0.3 is 14.8 Å². The van der Waals surface area contributed by atoms with Crippen LogP contribution in [-0.2, 0) is 19.6 Å². The number of para-hydroxylation sites is 1. The summed E-state index contributed by atoms with van der Waals surface area (Å²) in [6.07, 6.45) is 0.876. The minimum atomic E-state index is -0.241. The van der Waals surface area contributed by atoms with Gasteiger partial charge in [-0.05, 0) is 59.1 Å². The van der Waals surface area contributed by atoms with Crippen molar-refractivity contribution in [2.45, 2.75) is 19.6 Å². The number of rotatable bonds is 9. The Hall–Kier alpha value is -3.08. The van der Waals surface area contributed by atoms with Gasteiger partial charge >= 0.3 is 0 Å². The Bertz CT molecular complexity index is 1150. The molecular formula is C27H27ClFNO2. The van der Waals surface area contributed by atoms with Crippen LogP contribution in [-0.4, -0.2) is 13.7 Å². The first-order chi connectivity index (χ1) is 15.2. The van der Waals surface area contributed by atoms with Gasteiger partial charge in [-0.2, -0.15) is 0 Å². The molecule has 0 amide bonds. The minimum absolute atomic E-state index is 0. The van der Waals surface area contributed by atoms with Crippen molar-refractivity contribution in [3.05, 3.63) is 107 Å². The molecule has 1 N–H and O–H groups in total. The van der Waals surface area contributed by atoms with E-state index in [1.165, 1.54) is 28.5 Å². The van der Waals surface area contributed by atoms with E-state index < -0.39 is 0 Å². The summed E-state index contributed by atoms with van der Waals surface area (Å²) in [6.45, 7) is 1.91. The third-order valence-electron chi connectivity index (χ3n) is 5.37. The van der Waals surface area contributed by atoms with Crippen LogP contribution < -0.4 is 14.8 Å². The predicted molar refractivity (Wildman–Crippen MR) is 130 cm³/mol. The SMILES string of the molecule is COc1ccccc1CCNCc1c(OCc2ccc(F)cc2)ccc2ccccc12.Cl.